The second kappa shape index (κ2) is 6.04. The van der Waals surface area contributed by atoms with Crippen LogP contribution in [0.3, 0.4) is 0 Å². The Morgan fingerprint density at radius 1 is 0.913 bits per heavy atom. The average Bonchev–Trinajstić information content (AvgIpc) is 2.58. The molecule has 0 bridgehead atoms. The third kappa shape index (κ3) is 2.61. The molecule has 23 heavy (non-hydrogen) atoms. The molecular formula is C18H16O5. The summed E-state index contributed by atoms with van der Waals surface area (Å²) in [4.78, 5) is 12.7. The van der Waals surface area contributed by atoms with Crippen molar-refractivity contribution in [3.05, 3.63) is 58.4 Å². The maximum atomic E-state index is 12.7. The first kappa shape index (κ1) is 15.0. The zero-order valence-electron chi connectivity index (χ0n) is 13.1. The number of rotatable bonds is 4. The topological polar surface area (TPSA) is 57.9 Å². The number of aryl methyl sites for hydroxylation is 1. The lowest BCUT2D eigenvalue weighted by Crippen LogP contribution is -2.08. The first-order valence-corrected chi connectivity index (χ1v) is 7.07. The molecule has 1 aromatic heterocycles. The van der Waals surface area contributed by atoms with Crippen molar-refractivity contribution in [2.45, 2.75) is 6.92 Å². The van der Waals surface area contributed by atoms with Crippen molar-refractivity contribution in [1.82, 2.24) is 0 Å². The molecule has 1 heterocycles. The predicted molar refractivity (Wildman–Crippen MR) is 86.8 cm³/mol. The van der Waals surface area contributed by atoms with Crippen molar-refractivity contribution in [3.63, 3.8) is 0 Å². The van der Waals surface area contributed by atoms with E-state index >= 15 is 0 Å². The summed E-state index contributed by atoms with van der Waals surface area (Å²) in [5.41, 5.74) is 0.0864. The molecule has 0 fully saturated rings. The highest BCUT2D eigenvalue weighted by atomic mass is 16.5. The van der Waals surface area contributed by atoms with Gasteiger partial charge in [-0.2, -0.15) is 0 Å². The van der Waals surface area contributed by atoms with Gasteiger partial charge in [-0.05, 0) is 31.2 Å². The molecule has 0 aliphatic carbocycles. The molecule has 0 radical (unpaired) electrons. The Balaban J connectivity index is 2.21. The monoisotopic (exact) mass is 312 g/mol. The van der Waals surface area contributed by atoms with Gasteiger partial charge < -0.3 is 18.6 Å². The summed E-state index contributed by atoms with van der Waals surface area (Å²) >= 11 is 0. The third-order valence-corrected chi connectivity index (χ3v) is 3.49. The molecule has 2 aromatic carbocycles. The third-order valence-electron chi connectivity index (χ3n) is 3.49. The molecule has 3 aromatic rings. The van der Waals surface area contributed by atoms with Crippen LogP contribution in [-0.2, 0) is 0 Å². The molecule has 0 N–H and O–H groups in total. The second-order valence-electron chi connectivity index (χ2n) is 4.91. The highest BCUT2D eigenvalue weighted by molar-refractivity contribution is 5.86. The van der Waals surface area contributed by atoms with E-state index in [1.54, 1.807) is 31.2 Å². The Kier molecular flexibility index (Phi) is 3.93. The molecule has 118 valence electrons. The van der Waals surface area contributed by atoms with E-state index in [2.05, 4.69) is 0 Å². The molecule has 0 amide bonds. The van der Waals surface area contributed by atoms with Crippen molar-refractivity contribution in [2.75, 3.05) is 14.2 Å². The summed E-state index contributed by atoms with van der Waals surface area (Å²) in [7, 11) is 3.03. The molecular weight excluding hydrogens is 296 g/mol. The van der Waals surface area contributed by atoms with Gasteiger partial charge in [0.15, 0.2) is 11.3 Å². The average molecular weight is 312 g/mol. The first-order valence-electron chi connectivity index (χ1n) is 7.07. The number of fused-ring (bicyclic) bond motifs is 1. The molecule has 0 atom stereocenters. The van der Waals surface area contributed by atoms with Crippen molar-refractivity contribution >= 4 is 11.0 Å². The molecule has 0 spiro atoms. The van der Waals surface area contributed by atoms with E-state index in [4.69, 9.17) is 18.6 Å². The molecule has 0 aliphatic rings. The normalized spacial score (nSPS) is 10.6. The van der Waals surface area contributed by atoms with Crippen LogP contribution < -0.4 is 19.6 Å². The summed E-state index contributed by atoms with van der Waals surface area (Å²) < 4.78 is 22.0. The Labute approximate surface area is 133 Å². The standard InChI is InChI=1S/C18H16O5/c1-11-16(23-12-7-5-4-6-8-12)15(19)13-9-10-14(20-2)18(21-3)17(13)22-11/h4-10H,1-3H3. The van der Waals surface area contributed by atoms with Crippen LogP contribution in [0.25, 0.3) is 11.0 Å². The molecule has 0 aliphatic heterocycles. The smallest absolute Gasteiger partial charge is 0.235 e. The van der Waals surface area contributed by atoms with Crippen LogP contribution in [0.1, 0.15) is 5.76 Å². The Bertz CT molecular complexity index is 897. The van der Waals surface area contributed by atoms with Gasteiger partial charge in [-0.15, -0.1) is 0 Å². The van der Waals surface area contributed by atoms with E-state index in [0.717, 1.165) is 0 Å². The summed E-state index contributed by atoms with van der Waals surface area (Å²) in [6, 6.07) is 12.4. The van der Waals surface area contributed by atoms with E-state index in [9.17, 15) is 4.79 Å². The quantitative estimate of drug-likeness (QED) is 0.731. The molecule has 5 heteroatoms. The molecule has 3 rings (SSSR count). The van der Waals surface area contributed by atoms with E-state index in [1.807, 2.05) is 18.2 Å². The van der Waals surface area contributed by atoms with E-state index in [-0.39, 0.29) is 11.2 Å². The largest absolute Gasteiger partial charge is 0.493 e. The Morgan fingerprint density at radius 3 is 2.30 bits per heavy atom. The lowest BCUT2D eigenvalue weighted by Gasteiger charge is -2.12. The fraction of sp³-hybridized carbons (Fsp3) is 0.167. The van der Waals surface area contributed by atoms with Crippen molar-refractivity contribution in [3.8, 4) is 23.0 Å². The van der Waals surface area contributed by atoms with E-state index < -0.39 is 0 Å². The maximum Gasteiger partial charge on any atom is 0.235 e. The summed E-state index contributed by atoms with van der Waals surface area (Å²) in [5, 5.41) is 0.374. The highest BCUT2D eigenvalue weighted by Crippen LogP contribution is 2.36. The van der Waals surface area contributed by atoms with Gasteiger partial charge in [0.2, 0.25) is 16.9 Å². The van der Waals surface area contributed by atoms with E-state index in [1.165, 1.54) is 14.2 Å². The van der Waals surface area contributed by atoms with Gasteiger partial charge in [-0.1, -0.05) is 18.2 Å². The second-order valence-corrected chi connectivity index (χ2v) is 4.91. The molecule has 0 unspecified atom stereocenters. The minimum Gasteiger partial charge on any atom is -0.493 e. The number of hydrogen-bond acceptors (Lipinski definition) is 5. The lowest BCUT2D eigenvalue weighted by atomic mass is 10.2. The first-order chi connectivity index (χ1) is 11.2. The lowest BCUT2D eigenvalue weighted by molar-refractivity contribution is 0.350. The Hall–Kier alpha value is -2.95. The number of ether oxygens (including phenoxy) is 3. The zero-order valence-corrected chi connectivity index (χ0v) is 13.1. The number of methoxy groups -OCH3 is 2. The number of para-hydroxylation sites is 1. The zero-order chi connectivity index (χ0) is 16.4. The van der Waals surface area contributed by atoms with Crippen LogP contribution in [0, 0.1) is 6.92 Å². The minimum absolute atomic E-state index is 0.163. The summed E-state index contributed by atoms with van der Waals surface area (Å²) in [6.45, 7) is 1.68. The van der Waals surface area contributed by atoms with Crippen molar-refractivity contribution < 1.29 is 18.6 Å². The molecule has 5 nitrogen and oxygen atoms in total. The van der Waals surface area contributed by atoms with Crippen LogP contribution in [-0.4, -0.2) is 14.2 Å². The Morgan fingerprint density at radius 2 is 1.65 bits per heavy atom. The summed E-state index contributed by atoms with van der Waals surface area (Å²) in [5.74, 6) is 1.99. The fourth-order valence-electron chi connectivity index (χ4n) is 2.38. The van der Waals surface area contributed by atoms with Gasteiger partial charge >= 0.3 is 0 Å². The minimum atomic E-state index is -0.256. The van der Waals surface area contributed by atoms with E-state index in [0.29, 0.717) is 34.0 Å². The predicted octanol–water partition coefficient (Wildman–Crippen LogP) is 3.91. The van der Waals surface area contributed by atoms with Gasteiger partial charge in [0, 0.05) is 0 Å². The van der Waals surface area contributed by atoms with Gasteiger partial charge in [-0.3, -0.25) is 4.79 Å². The van der Waals surface area contributed by atoms with Crippen LogP contribution in [0.5, 0.6) is 23.0 Å². The maximum absolute atomic E-state index is 12.7. The van der Waals surface area contributed by atoms with Gasteiger partial charge in [-0.25, -0.2) is 0 Å². The van der Waals surface area contributed by atoms with Gasteiger partial charge in [0.05, 0.1) is 19.6 Å². The van der Waals surface area contributed by atoms with Gasteiger partial charge in [0.1, 0.15) is 11.5 Å². The summed E-state index contributed by atoms with van der Waals surface area (Å²) in [6.07, 6.45) is 0. The highest BCUT2D eigenvalue weighted by Gasteiger charge is 2.19. The van der Waals surface area contributed by atoms with Crippen LogP contribution in [0.15, 0.2) is 51.7 Å². The van der Waals surface area contributed by atoms with Crippen molar-refractivity contribution in [2.24, 2.45) is 0 Å². The fourth-order valence-corrected chi connectivity index (χ4v) is 2.38. The number of benzene rings is 2. The molecule has 0 saturated carbocycles. The SMILES string of the molecule is COc1ccc2c(=O)c(Oc3ccccc3)c(C)oc2c1OC. The van der Waals surface area contributed by atoms with Gasteiger partial charge in [0.25, 0.3) is 0 Å². The van der Waals surface area contributed by atoms with Crippen molar-refractivity contribution in [1.29, 1.82) is 0 Å². The molecule has 0 saturated heterocycles. The van der Waals surface area contributed by atoms with Crippen LogP contribution in [0.4, 0.5) is 0 Å². The number of hydrogen-bond donors (Lipinski definition) is 0. The van der Waals surface area contributed by atoms with Crippen LogP contribution in [0.2, 0.25) is 0 Å². The van der Waals surface area contributed by atoms with Crippen LogP contribution >= 0.6 is 0 Å².